The molecule has 1 N–H and O–H groups in total. The third kappa shape index (κ3) is 3.31. The van der Waals surface area contributed by atoms with E-state index in [0.29, 0.717) is 12.0 Å². The lowest BCUT2D eigenvalue weighted by Gasteiger charge is -2.43. The van der Waals surface area contributed by atoms with E-state index in [4.69, 9.17) is 0 Å². The summed E-state index contributed by atoms with van der Waals surface area (Å²) in [6.07, 6.45) is 5.41. The monoisotopic (exact) mass is 381 g/mol. The van der Waals surface area contributed by atoms with Gasteiger partial charge in [-0.1, -0.05) is 6.07 Å². The minimum absolute atomic E-state index is 0.137. The second-order valence-electron chi connectivity index (χ2n) is 8.51. The minimum Gasteiger partial charge on any atom is -0.358 e. The van der Waals surface area contributed by atoms with Crippen molar-refractivity contribution in [1.82, 2.24) is 14.8 Å². The lowest BCUT2D eigenvalue weighted by Crippen LogP contribution is -2.50. The van der Waals surface area contributed by atoms with E-state index >= 15 is 0 Å². The molecule has 150 valence electrons. The van der Waals surface area contributed by atoms with Crippen molar-refractivity contribution in [3.63, 3.8) is 0 Å². The minimum atomic E-state index is 0.137. The highest BCUT2D eigenvalue weighted by Gasteiger charge is 2.34. The molecule has 0 unspecified atom stereocenters. The van der Waals surface area contributed by atoms with Gasteiger partial charge in [-0.15, -0.1) is 0 Å². The first-order valence-electron chi connectivity index (χ1n) is 10.6. The van der Waals surface area contributed by atoms with E-state index in [1.54, 1.807) is 6.92 Å². The van der Waals surface area contributed by atoms with Crippen molar-refractivity contribution in [3.8, 4) is 0 Å². The van der Waals surface area contributed by atoms with E-state index in [-0.39, 0.29) is 11.8 Å². The van der Waals surface area contributed by atoms with Crippen LogP contribution < -0.4 is 0 Å². The molecule has 5 heteroatoms. The number of benzene rings is 1. The first kappa shape index (κ1) is 19.0. The summed E-state index contributed by atoms with van der Waals surface area (Å²) in [5, 5.41) is 1.06. The second-order valence-corrected chi connectivity index (χ2v) is 8.51. The Balaban J connectivity index is 1.48. The van der Waals surface area contributed by atoms with Crippen molar-refractivity contribution in [2.75, 3.05) is 19.6 Å². The molecule has 4 rings (SSSR count). The number of likely N-dealkylation sites (tertiary alicyclic amines) is 2. The summed E-state index contributed by atoms with van der Waals surface area (Å²) in [7, 11) is 0. The van der Waals surface area contributed by atoms with Gasteiger partial charge in [-0.3, -0.25) is 9.59 Å². The number of piperidine rings is 2. The number of nitrogens with zero attached hydrogens (tertiary/aromatic N) is 2. The van der Waals surface area contributed by atoms with Gasteiger partial charge in [0.2, 0.25) is 5.91 Å². The van der Waals surface area contributed by atoms with Gasteiger partial charge in [0.1, 0.15) is 0 Å². The summed E-state index contributed by atoms with van der Waals surface area (Å²) in [5.74, 6) is 0.853. The van der Waals surface area contributed by atoms with Gasteiger partial charge >= 0.3 is 0 Å². The Bertz CT molecular complexity index is 893. The molecule has 2 fully saturated rings. The normalized spacial score (nSPS) is 21.3. The molecule has 0 spiro atoms. The van der Waals surface area contributed by atoms with E-state index in [9.17, 15) is 9.59 Å². The summed E-state index contributed by atoms with van der Waals surface area (Å²) in [6, 6.07) is 6.32. The molecule has 0 radical (unpaired) electrons. The Hall–Kier alpha value is -2.30. The third-order valence-electron chi connectivity index (χ3n) is 6.88. The third-order valence-corrected chi connectivity index (χ3v) is 6.88. The SMILES string of the molecule is CC(=O)N1CCCC[C@H]1C1CCN(C(=O)c2cccc3[nH]c(C)c(C)c23)CC1. The maximum atomic E-state index is 13.3. The van der Waals surface area contributed by atoms with E-state index in [1.807, 2.05) is 23.1 Å². The van der Waals surface area contributed by atoms with Crippen molar-refractivity contribution >= 4 is 22.7 Å². The number of nitrogens with one attached hydrogen (secondary N) is 1. The van der Waals surface area contributed by atoms with Crippen molar-refractivity contribution in [3.05, 3.63) is 35.0 Å². The molecule has 3 heterocycles. The maximum absolute atomic E-state index is 13.3. The highest BCUT2D eigenvalue weighted by atomic mass is 16.2. The first-order chi connectivity index (χ1) is 13.5. The smallest absolute Gasteiger partial charge is 0.254 e. The standard InChI is InChI=1S/C23H31N3O2/c1-15-16(2)24-20-8-6-7-19(22(15)20)23(28)25-13-10-18(11-14-25)21-9-4-5-12-26(21)17(3)27/h6-8,18,21,24H,4-5,9-14H2,1-3H3/t21-/m0/s1. The van der Waals surface area contributed by atoms with Crippen molar-refractivity contribution in [2.24, 2.45) is 5.92 Å². The maximum Gasteiger partial charge on any atom is 0.254 e. The second kappa shape index (κ2) is 7.61. The predicted molar refractivity (Wildman–Crippen MR) is 111 cm³/mol. The fourth-order valence-corrected chi connectivity index (χ4v) is 5.22. The predicted octanol–water partition coefficient (Wildman–Crippen LogP) is 4.04. The number of H-pyrrole nitrogens is 1. The number of amides is 2. The van der Waals surface area contributed by atoms with Crippen LogP contribution in [0.2, 0.25) is 0 Å². The summed E-state index contributed by atoms with van der Waals surface area (Å²) in [4.78, 5) is 32.8. The number of fused-ring (bicyclic) bond motifs is 1. The van der Waals surface area contributed by atoms with Crippen LogP contribution in [0.25, 0.3) is 10.9 Å². The van der Waals surface area contributed by atoms with Crippen LogP contribution >= 0.6 is 0 Å². The van der Waals surface area contributed by atoms with Gasteiger partial charge in [0.25, 0.3) is 5.91 Å². The highest BCUT2D eigenvalue weighted by molar-refractivity contribution is 6.08. The largest absolute Gasteiger partial charge is 0.358 e. The average molecular weight is 382 g/mol. The molecule has 2 aromatic rings. The van der Waals surface area contributed by atoms with Crippen LogP contribution in [0.4, 0.5) is 0 Å². The fraction of sp³-hybridized carbons (Fsp3) is 0.565. The van der Waals surface area contributed by atoms with E-state index in [0.717, 1.165) is 73.0 Å². The molecule has 0 bridgehead atoms. The number of carbonyl (C=O) groups excluding carboxylic acids is 2. The summed E-state index contributed by atoms with van der Waals surface area (Å²) >= 11 is 0. The zero-order chi connectivity index (χ0) is 19.8. The fourth-order valence-electron chi connectivity index (χ4n) is 5.22. The molecule has 2 aliphatic heterocycles. The van der Waals surface area contributed by atoms with Crippen molar-refractivity contribution in [1.29, 1.82) is 0 Å². The molecular formula is C23H31N3O2. The lowest BCUT2D eigenvalue weighted by atomic mass is 9.83. The van der Waals surface area contributed by atoms with Crippen LogP contribution in [-0.4, -0.2) is 52.3 Å². The molecule has 0 saturated carbocycles. The molecule has 1 atom stereocenters. The van der Waals surface area contributed by atoms with Crippen molar-refractivity contribution in [2.45, 2.75) is 58.9 Å². The zero-order valence-electron chi connectivity index (χ0n) is 17.3. The zero-order valence-corrected chi connectivity index (χ0v) is 17.3. The Morgan fingerprint density at radius 3 is 2.50 bits per heavy atom. The van der Waals surface area contributed by atoms with Gasteiger partial charge < -0.3 is 14.8 Å². The quantitative estimate of drug-likeness (QED) is 0.854. The molecule has 2 amide bonds. The van der Waals surface area contributed by atoms with Gasteiger partial charge in [0.05, 0.1) is 0 Å². The average Bonchev–Trinajstić information content (AvgIpc) is 3.01. The Morgan fingerprint density at radius 2 is 1.79 bits per heavy atom. The number of rotatable bonds is 2. The summed E-state index contributed by atoms with van der Waals surface area (Å²) < 4.78 is 0. The van der Waals surface area contributed by atoms with Crippen LogP contribution in [0.15, 0.2) is 18.2 Å². The van der Waals surface area contributed by atoms with Gasteiger partial charge in [-0.05, 0) is 69.6 Å². The number of hydrogen-bond donors (Lipinski definition) is 1. The molecule has 28 heavy (non-hydrogen) atoms. The number of aryl methyl sites for hydroxylation is 2. The van der Waals surface area contributed by atoms with Crippen LogP contribution in [0.3, 0.4) is 0 Å². The number of aromatic amines is 1. The molecule has 1 aromatic heterocycles. The molecule has 2 aliphatic rings. The lowest BCUT2D eigenvalue weighted by molar-refractivity contribution is -0.134. The number of hydrogen-bond acceptors (Lipinski definition) is 2. The van der Waals surface area contributed by atoms with Gasteiger partial charge in [-0.2, -0.15) is 0 Å². The summed E-state index contributed by atoms with van der Waals surface area (Å²) in [5.41, 5.74) is 4.12. The van der Waals surface area contributed by atoms with Crippen LogP contribution in [-0.2, 0) is 4.79 Å². The van der Waals surface area contributed by atoms with Crippen LogP contribution in [0, 0.1) is 19.8 Å². The Kier molecular flexibility index (Phi) is 5.17. The molecule has 5 nitrogen and oxygen atoms in total. The molecule has 1 aromatic carbocycles. The van der Waals surface area contributed by atoms with Crippen LogP contribution in [0.5, 0.6) is 0 Å². The number of aromatic nitrogens is 1. The van der Waals surface area contributed by atoms with Crippen LogP contribution in [0.1, 0.15) is 60.6 Å². The van der Waals surface area contributed by atoms with E-state index in [2.05, 4.69) is 23.7 Å². The number of carbonyl (C=O) groups is 2. The molecular weight excluding hydrogens is 350 g/mol. The van der Waals surface area contributed by atoms with Gasteiger partial charge in [0.15, 0.2) is 0 Å². The Labute approximate surface area is 167 Å². The first-order valence-corrected chi connectivity index (χ1v) is 10.6. The van der Waals surface area contributed by atoms with E-state index < -0.39 is 0 Å². The Morgan fingerprint density at radius 1 is 1.04 bits per heavy atom. The van der Waals surface area contributed by atoms with Gasteiger partial charge in [-0.25, -0.2) is 0 Å². The van der Waals surface area contributed by atoms with E-state index in [1.165, 1.54) is 6.42 Å². The molecule has 2 saturated heterocycles. The highest BCUT2D eigenvalue weighted by Crippen LogP contribution is 2.32. The van der Waals surface area contributed by atoms with Gasteiger partial charge in [0, 0.05) is 54.8 Å². The summed E-state index contributed by atoms with van der Waals surface area (Å²) in [6.45, 7) is 8.29. The topological polar surface area (TPSA) is 56.4 Å². The van der Waals surface area contributed by atoms with Crippen molar-refractivity contribution < 1.29 is 9.59 Å². The molecule has 0 aliphatic carbocycles.